The minimum Gasteiger partial charge on any atom is -0.466 e. The molecule has 0 aliphatic rings. The molecule has 0 aromatic carbocycles. The maximum atomic E-state index is 12.4. The molecule has 6 nitrogen and oxygen atoms in total. The quantitative estimate of drug-likeness (QED) is 0.0324. The number of allylic oxidation sites excluding steroid dienone is 4. The van der Waals surface area contributed by atoms with Gasteiger partial charge in [-0.3, -0.25) is 9.59 Å². The zero-order valence-electron chi connectivity index (χ0n) is 37.4. The number of unbranched alkanes of at least 4 members (excludes halogenated alkanes) is 30. The minimum absolute atomic E-state index is 0.0121. The van der Waals surface area contributed by atoms with Crippen LogP contribution in [-0.4, -0.2) is 47.4 Å². The van der Waals surface area contributed by atoms with Crippen molar-refractivity contribution in [1.29, 1.82) is 0 Å². The fourth-order valence-corrected chi connectivity index (χ4v) is 7.39. The van der Waals surface area contributed by atoms with E-state index in [-0.39, 0.29) is 18.5 Å². The lowest BCUT2D eigenvalue weighted by Crippen LogP contribution is -2.45. The summed E-state index contributed by atoms with van der Waals surface area (Å²) in [6.45, 7) is 4.88. The first-order valence-electron chi connectivity index (χ1n) is 24.6. The Bertz CT molecular complexity index is 874. The van der Waals surface area contributed by atoms with Gasteiger partial charge in [0.25, 0.3) is 0 Å². The molecule has 0 aromatic heterocycles. The molecular formula is C50H95NO5. The number of aliphatic hydroxyl groups is 2. The summed E-state index contributed by atoms with van der Waals surface area (Å²) in [6, 6.07) is -0.551. The Morgan fingerprint density at radius 1 is 0.482 bits per heavy atom. The summed E-state index contributed by atoms with van der Waals surface area (Å²) in [6.07, 6.45) is 52.9. The highest BCUT2D eigenvalue weighted by molar-refractivity contribution is 5.76. The Hall–Kier alpha value is -1.66. The van der Waals surface area contributed by atoms with Crippen molar-refractivity contribution in [2.45, 2.75) is 270 Å². The van der Waals surface area contributed by atoms with E-state index >= 15 is 0 Å². The van der Waals surface area contributed by atoms with Gasteiger partial charge in [-0.05, 0) is 77.0 Å². The summed E-state index contributed by atoms with van der Waals surface area (Å²) in [5, 5.41) is 23.0. The average molecular weight is 790 g/mol. The van der Waals surface area contributed by atoms with Crippen molar-refractivity contribution in [3.8, 4) is 0 Å². The molecular weight excluding hydrogens is 695 g/mol. The molecule has 2 unspecified atom stereocenters. The van der Waals surface area contributed by atoms with Gasteiger partial charge in [-0.25, -0.2) is 0 Å². The Kier molecular flexibility index (Phi) is 44.7. The fourth-order valence-electron chi connectivity index (χ4n) is 7.39. The second-order valence-corrected chi connectivity index (χ2v) is 16.8. The Morgan fingerprint density at radius 3 is 1.27 bits per heavy atom. The molecule has 0 fully saturated rings. The number of hydrogen-bond donors (Lipinski definition) is 3. The molecule has 56 heavy (non-hydrogen) atoms. The van der Waals surface area contributed by atoms with Crippen molar-refractivity contribution in [2.24, 2.45) is 0 Å². The minimum atomic E-state index is -0.672. The molecule has 0 aliphatic heterocycles. The Balaban J connectivity index is 3.45. The lowest BCUT2D eigenvalue weighted by Gasteiger charge is -2.22. The molecule has 0 heterocycles. The lowest BCUT2D eigenvalue weighted by molar-refractivity contribution is -0.143. The monoisotopic (exact) mass is 790 g/mol. The molecule has 0 radical (unpaired) electrons. The van der Waals surface area contributed by atoms with Crippen LogP contribution in [0.5, 0.6) is 0 Å². The van der Waals surface area contributed by atoms with E-state index in [1.54, 1.807) is 0 Å². The molecule has 0 bridgehead atoms. The van der Waals surface area contributed by atoms with E-state index in [1.807, 2.05) is 0 Å². The maximum Gasteiger partial charge on any atom is 0.305 e. The number of amides is 1. The number of nitrogens with one attached hydrogen (secondary N) is 1. The van der Waals surface area contributed by atoms with E-state index in [0.29, 0.717) is 25.9 Å². The molecule has 6 heteroatoms. The van der Waals surface area contributed by atoms with E-state index in [2.05, 4.69) is 43.5 Å². The van der Waals surface area contributed by atoms with E-state index in [0.717, 1.165) is 64.2 Å². The predicted octanol–water partition coefficient (Wildman–Crippen LogP) is 14.3. The van der Waals surface area contributed by atoms with E-state index in [1.165, 1.54) is 161 Å². The number of esters is 1. The molecule has 0 spiro atoms. The van der Waals surface area contributed by atoms with Gasteiger partial charge in [-0.2, -0.15) is 0 Å². The Labute approximate surface area is 348 Å². The highest BCUT2D eigenvalue weighted by atomic mass is 16.5. The third-order valence-electron chi connectivity index (χ3n) is 11.2. The van der Waals surface area contributed by atoms with Crippen LogP contribution in [0.4, 0.5) is 0 Å². The van der Waals surface area contributed by atoms with Crippen LogP contribution in [-0.2, 0) is 14.3 Å². The molecule has 2 atom stereocenters. The maximum absolute atomic E-state index is 12.4. The fraction of sp³-hybridized carbons (Fsp3) is 0.880. The van der Waals surface area contributed by atoms with Crippen molar-refractivity contribution in [2.75, 3.05) is 13.2 Å². The smallest absolute Gasteiger partial charge is 0.305 e. The number of hydrogen-bond acceptors (Lipinski definition) is 5. The predicted molar refractivity (Wildman–Crippen MR) is 241 cm³/mol. The number of carbonyl (C=O) groups excluding carboxylic acids is 2. The lowest BCUT2D eigenvalue weighted by atomic mass is 10.0. The van der Waals surface area contributed by atoms with Crippen LogP contribution in [0, 0.1) is 0 Å². The van der Waals surface area contributed by atoms with E-state index in [4.69, 9.17) is 4.74 Å². The van der Waals surface area contributed by atoms with Gasteiger partial charge < -0.3 is 20.3 Å². The van der Waals surface area contributed by atoms with Crippen molar-refractivity contribution >= 4 is 11.9 Å². The van der Waals surface area contributed by atoms with Gasteiger partial charge in [-0.15, -0.1) is 0 Å². The number of aliphatic hydroxyl groups excluding tert-OH is 2. The summed E-state index contributed by atoms with van der Waals surface area (Å²) < 4.78 is 5.45. The highest BCUT2D eigenvalue weighted by Crippen LogP contribution is 2.15. The van der Waals surface area contributed by atoms with Gasteiger partial charge in [0.2, 0.25) is 5.91 Å². The number of carbonyl (C=O) groups is 2. The first-order valence-corrected chi connectivity index (χ1v) is 24.6. The SMILES string of the molecule is CCCCCCC/C=C\CCCCCCCC(=O)OCCCCCCCCC/C=C\CCCCCCCC(=O)NC(CO)C(O)CCCCCCCCCCC. The van der Waals surface area contributed by atoms with Gasteiger partial charge in [0.05, 0.1) is 25.4 Å². The van der Waals surface area contributed by atoms with Gasteiger partial charge in [0, 0.05) is 12.8 Å². The van der Waals surface area contributed by atoms with Gasteiger partial charge in [0.1, 0.15) is 0 Å². The molecule has 1 amide bonds. The number of ether oxygens (including phenoxy) is 1. The normalized spacial score (nSPS) is 12.9. The zero-order valence-corrected chi connectivity index (χ0v) is 37.4. The van der Waals surface area contributed by atoms with Crippen LogP contribution < -0.4 is 5.32 Å². The second-order valence-electron chi connectivity index (χ2n) is 16.8. The van der Waals surface area contributed by atoms with Crippen LogP contribution in [0.2, 0.25) is 0 Å². The second kappa shape index (κ2) is 46.0. The van der Waals surface area contributed by atoms with E-state index in [9.17, 15) is 19.8 Å². The molecule has 0 rings (SSSR count). The summed E-state index contributed by atoms with van der Waals surface area (Å²) in [5.41, 5.74) is 0. The largest absolute Gasteiger partial charge is 0.466 e. The van der Waals surface area contributed by atoms with Crippen molar-refractivity contribution in [1.82, 2.24) is 5.32 Å². The van der Waals surface area contributed by atoms with Gasteiger partial charge in [0.15, 0.2) is 0 Å². The van der Waals surface area contributed by atoms with Crippen molar-refractivity contribution in [3.63, 3.8) is 0 Å². The Morgan fingerprint density at radius 2 is 0.839 bits per heavy atom. The number of rotatable bonds is 45. The van der Waals surface area contributed by atoms with Gasteiger partial charge >= 0.3 is 5.97 Å². The topological polar surface area (TPSA) is 95.9 Å². The molecule has 330 valence electrons. The van der Waals surface area contributed by atoms with Crippen LogP contribution in [0.1, 0.15) is 258 Å². The standard InChI is InChI=1S/C50H95NO5/c1-3-5-7-9-11-13-14-15-21-24-28-32-36-40-44-50(55)56-45-41-37-33-29-25-22-19-17-16-18-20-23-27-31-35-39-43-49(54)51-47(46-52)48(53)42-38-34-30-26-12-10-8-6-4-2/h14-16,18,47-48,52-53H,3-13,17,19-46H2,1-2H3,(H,51,54)/b15-14-,18-16-. The molecule has 0 aromatic rings. The van der Waals surface area contributed by atoms with Crippen molar-refractivity contribution < 1.29 is 24.5 Å². The third kappa shape index (κ3) is 42.0. The molecule has 0 saturated carbocycles. The van der Waals surface area contributed by atoms with E-state index < -0.39 is 12.1 Å². The van der Waals surface area contributed by atoms with Crippen LogP contribution in [0.15, 0.2) is 24.3 Å². The molecule has 0 aliphatic carbocycles. The van der Waals surface area contributed by atoms with Crippen LogP contribution >= 0.6 is 0 Å². The first-order chi connectivity index (χ1) is 27.5. The van der Waals surface area contributed by atoms with Crippen LogP contribution in [0.25, 0.3) is 0 Å². The average Bonchev–Trinajstić information content (AvgIpc) is 3.20. The first kappa shape index (κ1) is 54.3. The summed E-state index contributed by atoms with van der Waals surface area (Å²) >= 11 is 0. The van der Waals surface area contributed by atoms with Gasteiger partial charge in [-0.1, -0.05) is 192 Å². The summed E-state index contributed by atoms with van der Waals surface area (Å²) in [4.78, 5) is 24.4. The molecule has 0 saturated heterocycles. The summed E-state index contributed by atoms with van der Waals surface area (Å²) in [7, 11) is 0. The summed E-state index contributed by atoms with van der Waals surface area (Å²) in [5.74, 6) is -0.0676. The van der Waals surface area contributed by atoms with Crippen LogP contribution in [0.3, 0.4) is 0 Å². The third-order valence-corrected chi connectivity index (χ3v) is 11.2. The highest BCUT2D eigenvalue weighted by Gasteiger charge is 2.20. The zero-order chi connectivity index (χ0) is 40.8. The van der Waals surface area contributed by atoms with Crippen molar-refractivity contribution in [3.05, 3.63) is 24.3 Å². The molecule has 3 N–H and O–H groups in total.